The summed E-state index contributed by atoms with van der Waals surface area (Å²) in [5, 5.41) is 6.38. The van der Waals surface area contributed by atoms with Crippen molar-refractivity contribution in [2.45, 2.75) is 6.42 Å². The van der Waals surface area contributed by atoms with Gasteiger partial charge in [-0.1, -0.05) is 0 Å². The Balaban J connectivity index is 0.00000147. The van der Waals surface area contributed by atoms with Crippen LogP contribution in [0, 0.1) is 0 Å². The summed E-state index contributed by atoms with van der Waals surface area (Å²) in [6.07, 6.45) is 0.964. The molecule has 0 bridgehead atoms. The zero-order valence-corrected chi connectivity index (χ0v) is 12.9. The van der Waals surface area contributed by atoms with Crippen molar-refractivity contribution in [2.75, 3.05) is 26.8 Å². The first-order valence-electron chi connectivity index (χ1n) is 6.36. The molecule has 0 atom stereocenters. The fourth-order valence-electron chi connectivity index (χ4n) is 1.99. The quantitative estimate of drug-likeness (QED) is 0.943. The number of likely N-dealkylation sites (N-methyl/N-ethyl adjacent to an activating group) is 1. The number of nitrogens with one attached hydrogen (secondary N) is 1. The molecule has 0 fully saturated rings. The second kappa shape index (κ2) is 6.92. The van der Waals surface area contributed by atoms with E-state index in [1.807, 2.05) is 25.2 Å². The van der Waals surface area contributed by atoms with Crippen molar-refractivity contribution in [3.63, 3.8) is 0 Å². The van der Waals surface area contributed by atoms with E-state index in [2.05, 4.69) is 15.7 Å². The van der Waals surface area contributed by atoms with Crippen LogP contribution in [-0.2, 0) is 6.42 Å². The van der Waals surface area contributed by atoms with E-state index in [9.17, 15) is 0 Å². The first kappa shape index (κ1) is 15.1. The zero-order chi connectivity index (χ0) is 13.1. The number of fused-ring (bicyclic) bond motifs is 1. The molecule has 20 heavy (non-hydrogen) atoms. The lowest BCUT2D eigenvalue weighted by atomic mass is 10.1. The number of aromatic nitrogens is 1. The molecular formula is C14H17ClN2O2S. The molecule has 0 aliphatic carbocycles. The summed E-state index contributed by atoms with van der Waals surface area (Å²) in [4.78, 5) is 4.65. The number of thiazole rings is 1. The summed E-state index contributed by atoms with van der Waals surface area (Å²) in [6, 6.07) is 5.99. The first-order valence-corrected chi connectivity index (χ1v) is 7.24. The average Bonchev–Trinajstić information content (AvgIpc) is 2.93. The van der Waals surface area contributed by atoms with Crippen LogP contribution in [0.2, 0.25) is 0 Å². The lowest BCUT2D eigenvalue weighted by Gasteiger charge is -2.18. The Bertz CT molecular complexity index is 574. The Morgan fingerprint density at radius 3 is 2.85 bits per heavy atom. The second-order valence-electron chi connectivity index (χ2n) is 4.34. The predicted octanol–water partition coefficient (Wildman–Crippen LogP) is 2.77. The molecule has 2 heterocycles. The largest absolute Gasteiger partial charge is 0.486 e. The average molecular weight is 313 g/mol. The third-order valence-corrected chi connectivity index (χ3v) is 3.89. The number of rotatable bonds is 4. The highest BCUT2D eigenvalue weighted by Crippen LogP contribution is 2.34. The van der Waals surface area contributed by atoms with Gasteiger partial charge in [0.2, 0.25) is 0 Å². The molecule has 0 radical (unpaired) electrons. The van der Waals surface area contributed by atoms with Crippen molar-refractivity contribution in [1.29, 1.82) is 0 Å². The number of halogens is 1. The first-order chi connectivity index (χ1) is 9.36. The summed E-state index contributed by atoms with van der Waals surface area (Å²) >= 11 is 1.70. The van der Waals surface area contributed by atoms with Crippen molar-refractivity contribution < 1.29 is 9.47 Å². The highest BCUT2D eigenvalue weighted by Gasteiger charge is 2.13. The number of hydrogen-bond acceptors (Lipinski definition) is 5. The van der Waals surface area contributed by atoms with Crippen molar-refractivity contribution >= 4 is 23.7 Å². The van der Waals surface area contributed by atoms with Gasteiger partial charge in [-0.3, -0.25) is 0 Å². The molecule has 2 aromatic rings. The normalized spacial score (nSPS) is 12.8. The fourth-order valence-corrected chi connectivity index (χ4v) is 2.80. The van der Waals surface area contributed by atoms with E-state index in [1.165, 1.54) is 0 Å². The van der Waals surface area contributed by atoms with E-state index >= 15 is 0 Å². The van der Waals surface area contributed by atoms with Gasteiger partial charge in [-0.25, -0.2) is 4.98 Å². The molecule has 3 rings (SSSR count). The van der Waals surface area contributed by atoms with Gasteiger partial charge in [-0.15, -0.1) is 23.7 Å². The van der Waals surface area contributed by atoms with Gasteiger partial charge in [0.25, 0.3) is 0 Å². The molecular weight excluding hydrogens is 296 g/mol. The molecule has 1 N–H and O–H groups in total. The van der Waals surface area contributed by atoms with Crippen molar-refractivity contribution in [1.82, 2.24) is 10.3 Å². The van der Waals surface area contributed by atoms with E-state index < -0.39 is 0 Å². The second-order valence-corrected chi connectivity index (χ2v) is 5.28. The van der Waals surface area contributed by atoms with E-state index in [0.29, 0.717) is 13.2 Å². The van der Waals surface area contributed by atoms with Crippen LogP contribution in [0.1, 0.15) is 5.01 Å². The van der Waals surface area contributed by atoms with Gasteiger partial charge in [0, 0.05) is 23.9 Å². The minimum atomic E-state index is 0. The molecule has 1 aromatic carbocycles. The highest BCUT2D eigenvalue weighted by molar-refractivity contribution is 7.09. The van der Waals surface area contributed by atoms with E-state index in [1.54, 1.807) is 11.3 Å². The number of benzene rings is 1. The maximum atomic E-state index is 5.60. The Kier molecular flexibility index (Phi) is 5.23. The fraction of sp³-hybridized carbons (Fsp3) is 0.357. The van der Waals surface area contributed by atoms with Crippen LogP contribution in [-0.4, -0.2) is 31.8 Å². The zero-order valence-electron chi connectivity index (χ0n) is 11.2. The molecule has 1 aromatic heterocycles. The molecule has 0 saturated carbocycles. The maximum absolute atomic E-state index is 5.60. The Labute approximate surface area is 128 Å². The summed E-state index contributed by atoms with van der Waals surface area (Å²) in [5.41, 5.74) is 2.09. The van der Waals surface area contributed by atoms with Gasteiger partial charge in [0.1, 0.15) is 13.2 Å². The molecule has 1 aliphatic rings. The van der Waals surface area contributed by atoms with Crippen LogP contribution in [0.5, 0.6) is 11.5 Å². The van der Waals surface area contributed by atoms with E-state index in [4.69, 9.17) is 9.47 Å². The standard InChI is InChI=1S/C14H16N2O2S.ClH/c1-15-5-4-14-16-11(9-19-14)10-2-3-12-13(8-10)18-7-6-17-12;/h2-3,8-9,15H,4-7H2,1H3;1H. The van der Waals surface area contributed by atoms with Crippen LogP contribution in [0.4, 0.5) is 0 Å². The van der Waals surface area contributed by atoms with Gasteiger partial charge in [0.15, 0.2) is 11.5 Å². The van der Waals surface area contributed by atoms with Gasteiger partial charge in [-0.05, 0) is 25.2 Å². The maximum Gasteiger partial charge on any atom is 0.162 e. The minimum Gasteiger partial charge on any atom is -0.486 e. The molecule has 4 nitrogen and oxygen atoms in total. The van der Waals surface area contributed by atoms with E-state index in [0.717, 1.165) is 40.7 Å². The van der Waals surface area contributed by atoms with Crippen LogP contribution in [0.3, 0.4) is 0 Å². The number of hydrogen-bond donors (Lipinski definition) is 1. The monoisotopic (exact) mass is 312 g/mol. The van der Waals surface area contributed by atoms with Crippen molar-refractivity contribution in [2.24, 2.45) is 0 Å². The molecule has 108 valence electrons. The van der Waals surface area contributed by atoms with Crippen LogP contribution < -0.4 is 14.8 Å². The summed E-state index contributed by atoms with van der Waals surface area (Å²) in [7, 11) is 1.95. The summed E-state index contributed by atoms with van der Waals surface area (Å²) in [5.74, 6) is 1.63. The van der Waals surface area contributed by atoms with Crippen LogP contribution in [0.15, 0.2) is 23.6 Å². The van der Waals surface area contributed by atoms with E-state index in [-0.39, 0.29) is 12.4 Å². The smallest absolute Gasteiger partial charge is 0.162 e. The topological polar surface area (TPSA) is 43.4 Å². The number of ether oxygens (including phenoxy) is 2. The predicted molar refractivity (Wildman–Crippen MR) is 83.4 cm³/mol. The Hall–Kier alpha value is -1.30. The van der Waals surface area contributed by atoms with Gasteiger partial charge in [-0.2, -0.15) is 0 Å². The van der Waals surface area contributed by atoms with Crippen LogP contribution in [0.25, 0.3) is 11.3 Å². The number of nitrogens with zero attached hydrogens (tertiary/aromatic N) is 1. The molecule has 0 spiro atoms. The minimum absolute atomic E-state index is 0. The van der Waals surface area contributed by atoms with Gasteiger partial charge in [0.05, 0.1) is 10.7 Å². The third kappa shape index (κ3) is 3.23. The molecule has 0 saturated heterocycles. The Morgan fingerprint density at radius 1 is 1.25 bits per heavy atom. The van der Waals surface area contributed by atoms with Gasteiger partial charge >= 0.3 is 0 Å². The third-order valence-electron chi connectivity index (χ3n) is 2.98. The van der Waals surface area contributed by atoms with Crippen molar-refractivity contribution in [3.05, 3.63) is 28.6 Å². The highest BCUT2D eigenvalue weighted by atomic mass is 35.5. The summed E-state index contributed by atoms with van der Waals surface area (Å²) < 4.78 is 11.1. The molecule has 1 aliphatic heterocycles. The molecule has 0 amide bonds. The van der Waals surface area contributed by atoms with Crippen LogP contribution >= 0.6 is 23.7 Å². The SMILES string of the molecule is CNCCc1nc(-c2ccc3c(c2)OCCO3)cs1.Cl. The lowest BCUT2D eigenvalue weighted by molar-refractivity contribution is 0.171. The Morgan fingerprint density at radius 2 is 2.05 bits per heavy atom. The molecule has 0 unspecified atom stereocenters. The lowest BCUT2D eigenvalue weighted by Crippen LogP contribution is -2.15. The van der Waals surface area contributed by atoms with Gasteiger partial charge < -0.3 is 14.8 Å². The van der Waals surface area contributed by atoms with Crippen molar-refractivity contribution in [3.8, 4) is 22.8 Å². The molecule has 6 heteroatoms. The summed E-state index contributed by atoms with van der Waals surface area (Å²) in [6.45, 7) is 2.19.